The van der Waals surface area contributed by atoms with Gasteiger partial charge in [-0.05, 0) is 37.4 Å². The Labute approximate surface area is 82.1 Å². The van der Waals surface area contributed by atoms with Crippen LogP contribution in [0.1, 0.15) is 18.4 Å². The maximum atomic E-state index is 13.1. The summed E-state index contributed by atoms with van der Waals surface area (Å²) in [6.07, 6.45) is 2.49. The van der Waals surface area contributed by atoms with Crippen molar-refractivity contribution in [3.63, 3.8) is 0 Å². The quantitative estimate of drug-likeness (QED) is 0.781. The number of halogens is 2. The molecule has 1 nitrogen and oxygen atoms in total. The molecule has 0 aliphatic heterocycles. The van der Waals surface area contributed by atoms with Crippen LogP contribution in [0.15, 0.2) is 18.2 Å². The van der Waals surface area contributed by atoms with E-state index in [1.54, 1.807) is 0 Å². The number of nitrogens with one attached hydrogen (secondary N) is 1. The zero-order valence-electron chi connectivity index (χ0n) is 7.89. The second-order valence-corrected chi connectivity index (χ2v) is 3.77. The number of hydrogen-bond donors (Lipinski definition) is 1. The fourth-order valence-corrected chi connectivity index (χ4v) is 1.42. The molecule has 1 fully saturated rings. The third kappa shape index (κ3) is 2.29. The molecule has 1 aromatic rings. The van der Waals surface area contributed by atoms with Crippen molar-refractivity contribution >= 4 is 0 Å². The molecule has 0 heterocycles. The van der Waals surface area contributed by atoms with E-state index in [9.17, 15) is 8.78 Å². The fraction of sp³-hybridized carbons (Fsp3) is 0.455. The summed E-state index contributed by atoms with van der Waals surface area (Å²) >= 11 is 0. The van der Waals surface area contributed by atoms with Gasteiger partial charge in [0, 0.05) is 12.1 Å². The average molecular weight is 197 g/mol. The van der Waals surface area contributed by atoms with Crippen LogP contribution < -0.4 is 5.32 Å². The van der Waals surface area contributed by atoms with Gasteiger partial charge in [-0.1, -0.05) is 6.07 Å². The first kappa shape index (κ1) is 9.59. The topological polar surface area (TPSA) is 12.0 Å². The summed E-state index contributed by atoms with van der Waals surface area (Å²) in [6, 6.07) is 3.96. The SMILES string of the molecule is Fc1cccc(F)c1CNCC1CC1. The van der Waals surface area contributed by atoms with E-state index in [-0.39, 0.29) is 12.1 Å². The van der Waals surface area contributed by atoms with E-state index in [4.69, 9.17) is 0 Å². The summed E-state index contributed by atoms with van der Waals surface area (Å²) in [7, 11) is 0. The average Bonchev–Trinajstić information content (AvgIpc) is 2.94. The van der Waals surface area contributed by atoms with Gasteiger partial charge < -0.3 is 5.32 Å². The minimum absolute atomic E-state index is 0.146. The predicted octanol–water partition coefficient (Wildman–Crippen LogP) is 2.46. The predicted molar refractivity (Wildman–Crippen MR) is 50.8 cm³/mol. The normalized spacial score (nSPS) is 15.9. The lowest BCUT2D eigenvalue weighted by molar-refractivity contribution is 0.530. The Morgan fingerprint density at radius 1 is 1.21 bits per heavy atom. The van der Waals surface area contributed by atoms with Crippen LogP contribution in [0.2, 0.25) is 0 Å². The lowest BCUT2D eigenvalue weighted by Crippen LogP contribution is -2.17. The first-order chi connectivity index (χ1) is 6.77. The second-order valence-electron chi connectivity index (χ2n) is 3.77. The smallest absolute Gasteiger partial charge is 0.130 e. The summed E-state index contributed by atoms with van der Waals surface area (Å²) in [6.45, 7) is 1.16. The summed E-state index contributed by atoms with van der Waals surface area (Å²) in [5, 5.41) is 3.07. The molecule has 1 N–H and O–H groups in total. The third-order valence-corrected chi connectivity index (χ3v) is 2.49. The van der Waals surface area contributed by atoms with Crippen LogP contribution in [0.5, 0.6) is 0 Å². The zero-order chi connectivity index (χ0) is 9.97. The Morgan fingerprint density at radius 3 is 2.43 bits per heavy atom. The van der Waals surface area contributed by atoms with Gasteiger partial charge in [-0.3, -0.25) is 0 Å². The summed E-state index contributed by atoms with van der Waals surface area (Å²) in [4.78, 5) is 0. The molecule has 1 aliphatic carbocycles. The first-order valence-electron chi connectivity index (χ1n) is 4.91. The standard InChI is InChI=1S/C11H13F2N/c12-10-2-1-3-11(13)9(10)7-14-6-8-4-5-8/h1-3,8,14H,4-7H2. The molecule has 0 unspecified atom stereocenters. The second kappa shape index (κ2) is 4.05. The van der Waals surface area contributed by atoms with Gasteiger partial charge in [-0.25, -0.2) is 8.78 Å². The fourth-order valence-electron chi connectivity index (χ4n) is 1.42. The van der Waals surface area contributed by atoms with E-state index < -0.39 is 11.6 Å². The largest absolute Gasteiger partial charge is 0.312 e. The van der Waals surface area contributed by atoms with E-state index in [1.807, 2.05) is 0 Å². The van der Waals surface area contributed by atoms with Crippen LogP contribution in [0.3, 0.4) is 0 Å². The Balaban J connectivity index is 1.92. The van der Waals surface area contributed by atoms with E-state index in [0.717, 1.165) is 12.5 Å². The van der Waals surface area contributed by atoms with Crippen molar-refractivity contribution < 1.29 is 8.78 Å². The monoisotopic (exact) mass is 197 g/mol. The molecule has 14 heavy (non-hydrogen) atoms. The van der Waals surface area contributed by atoms with Gasteiger partial charge in [-0.2, -0.15) is 0 Å². The lowest BCUT2D eigenvalue weighted by Gasteiger charge is -2.05. The highest BCUT2D eigenvalue weighted by molar-refractivity contribution is 5.19. The van der Waals surface area contributed by atoms with Crippen LogP contribution >= 0.6 is 0 Å². The van der Waals surface area contributed by atoms with Gasteiger partial charge >= 0.3 is 0 Å². The Morgan fingerprint density at radius 2 is 1.86 bits per heavy atom. The van der Waals surface area contributed by atoms with Gasteiger partial charge in [0.1, 0.15) is 11.6 Å². The molecule has 0 aromatic heterocycles. The molecule has 76 valence electrons. The van der Waals surface area contributed by atoms with Crippen molar-refractivity contribution in [3.8, 4) is 0 Å². The van der Waals surface area contributed by atoms with Crippen molar-refractivity contribution in [3.05, 3.63) is 35.4 Å². The summed E-state index contributed by atoms with van der Waals surface area (Å²) < 4.78 is 26.2. The van der Waals surface area contributed by atoms with Gasteiger partial charge in [0.15, 0.2) is 0 Å². The molecule has 1 saturated carbocycles. The van der Waals surface area contributed by atoms with Gasteiger partial charge in [-0.15, -0.1) is 0 Å². The van der Waals surface area contributed by atoms with Gasteiger partial charge in [0.2, 0.25) is 0 Å². The molecular weight excluding hydrogens is 184 g/mol. The van der Waals surface area contributed by atoms with Crippen LogP contribution in [0.4, 0.5) is 8.78 Å². The number of hydrogen-bond acceptors (Lipinski definition) is 1. The number of rotatable bonds is 4. The van der Waals surface area contributed by atoms with Gasteiger partial charge in [0.05, 0.1) is 0 Å². The Hall–Kier alpha value is -0.960. The van der Waals surface area contributed by atoms with Crippen LogP contribution in [-0.4, -0.2) is 6.54 Å². The van der Waals surface area contributed by atoms with Crippen LogP contribution in [0, 0.1) is 17.6 Å². The maximum absolute atomic E-state index is 13.1. The highest BCUT2D eigenvalue weighted by Gasteiger charge is 2.20. The minimum atomic E-state index is -0.465. The molecule has 2 rings (SSSR count). The molecule has 0 atom stereocenters. The molecule has 0 amide bonds. The van der Waals surface area contributed by atoms with Gasteiger partial charge in [0.25, 0.3) is 0 Å². The van der Waals surface area contributed by atoms with Crippen molar-refractivity contribution in [1.29, 1.82) is 0 Å². The molecule has 1 aromatic carbocycles. The molecule has 0 saturated heterocycles. The van der Waals surface area contributed by atoms with Crippen molar-refractivity contribution in [2.75, 3.05) is 6.54 Å². The zero-order valence-corrected chi connectivity index (χ0v) is 7.89. The minimum Gasteiger partial charge on any atom is -0.312 e. The third-order valence-electron chi connectivity index (χ3n) is 2.49. The molecule has 0 bridgehead atoms. The van der Waals surface area contributed by atoms with Crippen molar-refractivity contribution in [2.24, 2.45) is 5.92 Å². The Kier molecular flexibility index (Phi) is 2.77. The first-order valence-corrected chi connectivity index (χ1v) is 4.91. The molecule has 3 heteroatoms. The van der Waals surface area contributed by atoms with E-state index in [2.05, 4.69) is 5.32 Å². The molecule has 0 radical (unpaired) electrons. The maximum Gasteiger partial charge on any atom is 0.130 e. The molecule has 0 spiro atoms. The van der Waals surface area contributed by atoms with E-state index in [1.165, 1.54) is 31.0 Å². The van der Waals surface area contributed by atoms with Crippen LogP contribution in [-0.2, 0) is 6.54 Å². The van der Waals surface area contributed by atoms with Crippen molar-refractivity contribution in [2.45, 2.75) is 19.4 Å². The lowest BCUT2D eigenvalue weighted by atomic mass is 10.2. The highest BCUT2D eigenvalue weighted by atomic mass is 19.1. The molecular formula is C11H13F2N. The van der Waals surface area contributed by atoms with Crippen LogP contribution in [0.25, 0.3) is 0 Å². The number of benzene rings is 1. The Bertz CT molecular complexity index is 301. The van der Waals surface area contributed by atoms with E-state index >= 15 is 0 Å². The summed E-state index contributed by atoms with van der Waals surface area (Å²) in [5.41, 5.74) is 0.146. The highest BCUT2D eigenvalue weighted by Crippen LogP contribution is 2.27. The van der Waals surface area contributed by atoms with Crippen molar-refractivity contribution in [1.82, 2.24) is 5.32 Å². The molecule has 1 aliphatic rings. The summed E-state index contributed by atoms with van der Waals surface area (Å²) in [5.74, 6) is -0.202. The van der Waals surface area contributed by atoms with E-state index in [0.29, 0.717) is 0 Å².